The third-order valence-electron chi connectivity index (χ3n) is 2.96. The van der Waals surface area contributed by atoms with Crippen LogP contribution in [0.2, 0.25) is 0 Å². The third kappa shape index (κ3) is 5.43. The topological polar surface area (TPSA) is 67.4 Å². The zero-order valence-electron chi connectivity index (χ0n) is 12.4. The van der Waals surface area contributed by atoms with E-state index < -0.39 is 11.7 Å². The first-order chi connectivity index (χ1) is 11.2. The van der Waals surface area contributed by atoms with Crippen molar-refractivity contribution in [3.05, 3.63) is 66.0 Å². The van der Waals surface area contributed by atoms with Crippen molar-refractivity contribution < 1.29 is 18.7 Å². The fourth-order valence-electron chi connectivity index (χ4n) is 1.84. The number of hydrogen-bond donors (Lipinski definition) is 2. The number of ether oxygens (including phenoxy) is 1. The molecule has 0 saturated heterocycles. The lowest BCUT2D eigenvalue weighted by atomic mass is 10.2. The minimum absolute atomic E-state index is 0.0220. The van der Waals surface area contributed by atoms with E-state index in [0.29, 0.717) is 5.75 Å². The molecule has 23 heavy (non-hydrogen) atoms. The molecule has 0 aliphatic carbocycles. The Morgan fingerprint density at radius 3 is 2.30 bits per heavy atom. The first-order valence-electron chi connectivity index (χ1n) is 7.14. The van der Waals surface area contributed by atoms with Crippen LogP contribution in [0.3, 0.4) is 0 Å². The van der Waals surface area contributed by atoms with Crippen LogP contribution in [-0.2, 0) is 4.79 Å². The van der Waals surface area contributed by atoms with Crippen LogP contribution >= 0.6 is 0 Å². The number of nitrogens with one attached hydrogen (secondary N) is 2. The van der Waals surface area contributed by atoms with Gasteiger partial charge in [0.1, 0.15) is 11.6 Å². The summed E-state index contributed by atoms with van der Waals surface area (Å²) in [4.78, 5) is 23.3. The minimum Gasteiger partial charge on any atom is -0.484 e. The van der Waals surface area contributed by atoms with Crippen LogP contribution in [0.1, 0.15) is 10.4 Å². The molecule has 0 atom stereocenters. The van der Waals surface area contributed by atoms with Gasteiger partial charge >= 0.3 is 0 Å². The zero-order valence-corrected chi connectivity index (χ0v) is 12.4. The molecule has 2 aromatic carbocycles. The first kappa shape index (κ1) is 16.5. The van der Waals surface area contributed by atoms with Gasteiger partial charge in [-0.25, -0.2) is 4.39 Å². The van der Waals surface area contributed by atoms with Gasteiger partial charge in [0, 0.05) is 13.1 Å². The van der Waals surface area contributed by atoms with Crippen molar-refractivity contribution in [1.29, 1.82) is 0 Å². The van der Waals surface area contributed by atoms with E-state index in [2.05, 4.69) is 10.6 Å². The Hall–Kier alpha value is -2.89. The van der Waals surface area contributed by atoms with Gasteiger partial charge < -0.3 is 15.4 Å². The smallest absolute Gasteiger partial charge is 0.258 e. The van der Waals surface area contributed by atoms with Crippen LogP contribution in [0.15, 0.2) is 54.6 Å². The average Bonchev–Trinajstić information content (AvgIpc) is 2.58. The van der Waals surface area contributed by atoms with E-state index in [9.17, 15) is 14.0 Å². The number of carbonyl (C=O) groups is 2. The minimum atomic E-state index is -0.578. The van der Waals surface area contributed by atoms with Gasteiger partial charge in [0.15, 0.2) is 6.61 Å². The predicted molar refractivity (Wildman–Crippen MR) is 83.7 cm³/mol. The predicted octanol–water partition coefficient (Wildman–Crippen LogP) is 1.75. The van der Waals surface area contributed by atoms with E-state index in [1.54, 1.807) is 18.2 Å². The summed E-state index contributed by atoms with van der Waals surface area (Å²) in [5.74, 6) is -0.785. The maximum absolute atomic E-state index is 13.4. The van der Waals surface area contributed by atoms with Gasteiger partial charge in [-0.2, -0.15) is 0 Å². The number of amides is 2. The lowest BCUT2D eigenvalue weighted by Gasteiger charge is -2.08. The Labute approximate surface area is 133 Å². The summed E-state index contributed by atoms with van der Waals surface area (Å²) in [6.45, 7) is 0.326. The molecule has 0 aliphatic heterocycles. The Bertz CT molecular complexity index is 662. The fourth-order valence-corrected chi connectivity index (χ4v) is 1.84. The van der Waals surface area contributed by atoms with Gasteiger partial charge in [0.25, 0.3) is 11.8 Å². The summed E-state index contributed by atoms with van der Waals surface area (Å²) in [7, 11) is 0. The molecule has 0 radical (unpaired) electrons. The van der Waals surface area contributed by atoms with Gasteiger partial charge in [-0.1, -0.05) is 30.3 Å². The number of rotatable bonds is 7. The molecule has 0 heterocycles. The fraction of sp³-hybridized carbons (Fsp3) is 0.176. The molecule has 0 aliphatic rings. The van der Waals surface area contributed by atoms with Crippen LogP contribution in [0, 0.1) is 5.82 Å². The second kappa shape index (κ2) is 8.53. The van der Waals surface area contributed by atoms with Crippen molar-refractivity contribution in [2.75, 3.05) is 19.7 Å². The summed E-state index contributed by atoms with van der Waals surface area (Å²) in [6, 6.07) is 14.7. The molecule has 2 aromatic rings. The van der Waals surface area contributed by atoms with Crippen molar-refractivity contribution in [2.24, 2.45) is 0 Å². The lowest BCUT2D eigenvalue weighted by Crippen LogP contribution is -2.37. The van der Waals surface area contributed by atoms with Crippen LogP contribution in [0.25, 0.3) is 0 Å². The second-order valence-corrected chi connectivity index (χ2v) is 4.69. The van der Waals surface area contributed by atoms with Gasteiger partial charge in [-0.05, 0) is 24.3 Å². The van der Waals surface area contributed by atoms with E-state index in [1.807, 2.05) is 18.2 Å². The average molecular weight is 316 g/mol. The maximum atomic E-state index is 13.4. The highest BCUT2D eigenvalue weighted by Crippen LogP contribution is 2.07. The molecule has 0 bridgehead atoms. The highest BCUT2D eigenvalue weighted by Gasteiger charge is 2.09. The highest BCUT2D eigenvalue weighted by molar-refractivity contribution is 5.94. The number of hydrogen-bond acceptors (Lipinski definition) is 3. The van der Waals surface area contributed by atoms with Crippen molar-refractivity contribution >= 4 is 11.8 Å². The molecule has 2 rings (SSSR count). The molecule has 0 aromatic heterocycles. The van der Waals surface area contributed by atoms with E-state index in [1.165, 1.54) is 18.2 Å². The summed E-state index contributed by atoms with van der Waals surface area (Å²) >= 11 is 0. The maximum Gasteiger partial charge on any atom is 0.258 e. The number of benzene rings is 2. The normalized spacial score (nSPS) is 9.96. The SMILES string of the molecule is O=C(COc1ccccc1)NCCNC(=O)c1ccccc1F. The van der Waals surface area contributed by atoms with Gasteiger partial charge in [-0.3, -0.25) is 9.59 Å². The highest BCUT2D eigenvalue weighted by atomic mass is 19.1. The number of para-hydroxylation sites is 1. The molecule has 120 valence electrons. The molecular formula is C17H17FN2O3. The van der Waals surface area contributed by atoms with Gasteiger partial charge in [0.2, 0.25) is 0 Å². The monoisotopic (exact) mass is 316 g/mol. The zero-order chi connectivity index (χ0) is 16.5. The molecule has 0 spiro atoms. The lowest BCUT2D eigenvalue weighted by molar-refractivity contribution is -0.123. The van der Waals surface area contributed by atoms with Gasteiger partial charge in [0.05, 0.1) is 5.56 Å². The Balaban J connectivity index is 1.64. The summed E-state index contributed by atoms with van der Waals surface area (Å²) in [6.07, 6.45) is 0. The summed E-state index contributed by atoms with van der Waals surface area (Å²) in [5.41, 5.74) is -0.0220. The van der Waals surface area contributed by atoms with Crippen LogP contribution in [-0.4, -0.2) is 31.5 Å². The van der Waals surface area contributed by atoms with Crippen LogP contribution in [0.4, 0.5) is 4.39 Å². The Morgan fingerprint density at radius 2 is 1.57 bits per heavy atom. The molecular weight excluding hydrogens is 299 g/mol. The molecule has 5 nitrogen and oxygen atoms in total. The van der Waals surface area contributed by atoms with Crippen molar-refractivity contribution in [2.45, 2.75) is 0 Å². The van der Waals surface area contributed by atoms with Gasteiger partial charge in [-0.15, -0.1) is 0 Å². The molecule has 0 saturated carbocycles. The first-order valence-corrected chi connectivity index (χ1v) is 7.14. The number of halogens is 1. The van der Waals surface area contributed by atoms with E-state index in [-0.39, 0.29) is 31.2 Å². The third-order valence-corrected chi connectivity index (χ3v) is 2.96. The summed E-state index contributed by atoms with van der Waals surface area (Å²) in [5, 5.41) is 5.14. The molecule has 2 amide bonds. The second-order valence-electron chi connectivity index (χ2n) is 4.69. The Morgan fingerprint density at radius 1 is 0.913 bits per heavy atom. The van der Waals surface area contributed by atoms with E-state index in [4.69, 9.17) is 4.74 Å². The molecule has 2 N–H and O–H groups in total. The number of carbonyl (C=O) groups excluding carboxylic acids is 2. The standard InChI is InChI=1S/C17H17FN2O3/c18-15-9-5-4-8-14(15)17(22)20-11-10-19-16(21)12-23-13-6-2-1-3-7-13/h1-9H,10-12H2,(H,19,21)(H,20,22). The molecule has 0 unspecified atom stereocenters. The van der Waals surface area contributed by atoms with E-state index >= 15 is 0 Å². The van der Waals surface area contributed by atoms with Crippen LogP contribution in [0.5, 0.6) is 5.75 Å². The van der Waals surface area contributed by atoms with Crippen LogP contribution < -0.4 is 15.4 Å². The van der Waals surface area contributed by atoms with E-state index in [0.717, 1.165) is 0 Å². The largest absolute Gasteiger partial charge is 0.484 e. The van der Waals surface area contributed by atoms with Crippen molar-refractivity contribution in [3.63, 3.8) is 0 Å². The quantitative estimate of drug-likeness (QED) is 0.765. The Kier molecular flexibility index (Phi) is 6.11. The molecule has 6 heteroatoms. The van der Waals surface area contributed by atoms with Crippen molar-refractivity contribution in [3.8, 4) is 5.75 Å². The summed E-state index contributed by atoms with van der Waals surface area (Å²) < 4.78 is 18.7. The molecule has 0 fully saturated rings. The van der Waals surface area contributed by atoms with Crippen molar-refractivity contribution in [1.82, 2.24) is 10.6 Å².